The first-order valence-corrected chi connectivity index (χ1v) is 8.04. The maximum atomic E-state index is 11.5. The van der Waals surface area contributed by atoms with Gasteiger partial charge in [0.15, 0.2) is 6.10 Å². The van der Waals surface area contributed by atoms with Gasteiger partial charge in [-0.15, -0.1) is 0 Å². The highest BCUT2D eigenvalue weighted by atomic mass is 16.6. The van der Waals surface area contributed by atoms with Crippen LogP contribution in [0, 0.1) is 0 Å². The predicted octanol–water partition coefficient (Wildman–Crippen LogP) is -0.413. The lowest BCUT2D eigenvalue weighted by atomic mass is 9.94. The maximum absolute atomic E-state index is 11.5. The predicted molar refractivity (Wildman–Crippen MR) is 84.2 cm³/mol. The molecule has 5 atom stereocenters. The van der Waals surface area contributed by atoms with Gasteiger partial charge in [0.25, 0.3) is 0 Å². The molecule has 4 unspecified atom stereocenters. The normalized spacial score (nSPS) is 25.6. The van der Waals surface area contributed by atoms with E-state index in [2.05, 4.69) is 0 Å². The van der Waals surface area contributed by atoms with Gasteiger partial charge in [-0.1, -0.05) is 0 Å². The number of carbonyl (C=O) groups is 5. The number of ether oxygens (including phenoxy) is 5. The average Bonchev–Trinajstić information content (AvgIpc) is 2.51. The van der Waals surface area contributed by atoms with Crippen LogP contribution in [-0.4, -0.2) is 72.1 Å². The number of carboxylic acids is 1. The Hall–Kier alpha value is -2.69. The fraction of sp³-hybridized carbons (Fsp3) is 0.688. The van der Waals surface area contributed by atoms with Gasteiger partial charge in [-0.25, -0.2) is 4.79 Å². The Morgan fingerprint density at radius 2 is 1.56 bits per heavy atom. The van der Waals surface area contributed by atoms with E-state index >= 15 is 0 Å². The summed E-state index contributed by atoms with van der Waals surface area (Å²) in [4.78, 5) is 56.6. The van der Waals surface area contributed by atoms with Crippen LogP contribution in [0.2, 0.25) is 0 Å². The van der Waals surface area contributed by atoms with Crippen LogP contribution in [0.5, 0.6) is 0 Å². The summed E-state index contributed by atoms with van der Waals surface area (Å²) in [7, 11) is 0. The number of rotatable bonds is 7. The van der Waals surface area contributed by atoms with Crippen molar-refractivity contribution in [3.05, 3.63) is 0 Å². The highest BCUT2D eigenvalue weighted by molar-refractivity contribution is 5.77. The summed E-state index contributed by atoms with van der Waals surface area (Å²) in [5.41, 5.74) is 0. The smallest absolute Gasteiger partial charge is 0.347 e. The number of aliphatic carboxylic acids is 1. The number of esters is 4. The van der Waals surface area contributed by atoms with Crippen LogP contribution in [0.15, 0.2) is 0 Å². The second-order valence-electron chi connectivity index (χ2n) is 5.84. The van der Waals surface area contributed by atoms with E-state index in [1.54, 1.807) is 0 Å². The molecule has 1 heterocycles. The molecule has 0 aromatic rings. The summed E-state index contributed by atoms with van der Waals surface area (Å²) in [6.45, 7) is 4.02. The van der Waals surface area contributed by atoms with Crippen molar-refractivity contribution in [3.63, 3.8) is 0 Å². The third-order valence-electron chi connectivity index (χ3n) is 3.49. The van der Waals surface area contributed by atoms with Crippen LogP contribution in [0.3, 0.4) is 0 Å². The van der Waals surface area contributed by atoms with Gasteiger partial charge in [0.05, 0.1) is 0 Å². The summed E-state index contributed by atoms with van der Waals surface area (Å²) < 4.78 is 25.5. The Morgan fingerprint density at radius 3 is 2.00 bits per heavy atom. The Labute approximate surface area is 154 Å². The van der Waals surface area contributed by atoms with Gasteiger partial charge in [-0.2, -0.15) is 0 Å². The van der Waals surface area contributed by atoms with Crippen LogP contribution >= 0.6 is 0 Å². The summed E-state index contributed by atoms with van der Waals surface area (Å²) >= 11 is 0. The van der Waals surface area contributed by atoms with Gasteiger partial charge >= 0.3 is 29.8 Å². The molecule has 0 aromatic carbocycles. The van der Waals surface area contributed by atoms with Gasteiger partial charge in [0.1, 0.15) is 24.9 Å². The maximum Gasteiger partial charge on any atom is 0.347 e. The third-order valence-corrected chi connectivity index (χ3v) is 3.49. The molecule has 0 aromatic heterocycles. The minimum atomic E-state index is -1.70. The number of hydrogen-bond acceptors (Lipinski definition) is 10. The van der Waals surface area contributed by atoms with Crippen molar-refractivity contribution >= 4 is 29.8 Å². The van der Waals surface area contributed by atoms with Crippen molar-refractivity contribution in [1.29, 1.82) is 0 Å². The highest BCUT2D eigenvalue weighted by Gasteiger charge is 2.48. The van der Waals surface area contributed by atoms with Crippen molar-refractivity contribution in [2.45, 2.75) is 64.6 Å². The van der Waals surface area contributed by atoms with Gasteiger partial charge in [0.2, 0.25) is 6.10 Å². The SMILES string of the molecule is CC(=O)OC[C@H]1OC(C(OC(C)=O)C(=O)O)CC(OC(C)=O)C1OC(C)=O. The Bertz CT molecular complexity index is 599. The molecule has 1 saturated heterocycles. The molecule has 152 valence electrons. The van der Waals surface area contributed by atoms with E-state index in [4.69, 9.17) is 23.7 Å². The van der Waals surface area contributed by atoms with Crippen LogP contribution in [0.25, 0.3) is 0 Å². The first-order chi connectivity index (χ1) is 12.5. The summed E-state index contributed by atoms with van der Waals surface area (Å²) in [6.07, 6.45) is -6.53. The van der Waals surface area contributed by atoms with Gasteiger partial charge in [0, 0.05) is 34.1 Å². The van der Waals surface area contributed by atoms with Crippen molar-refractivity contribution in [3.8, 4) is 0 Å². The zero-order chi connectivity index (χ0) is 20.7. The van der Waals surface area contributed by atoms with Gasteiger partial charge in [-0.05, 0) is 0 Å². The highest BCUT2D eigenvalue weighted by Crippen LogP contribution is 2.29. The van der Waals surface area contributed by atoms with Crippen molar-refractivity contribution in [1.82, 2.24) is 0 Å². The van der Waals surface area contributed by atoms with Crippen LogP contribution in [0.4, 0.5) is 0 Å². The zero-order valence-corrected chi connectivity index (χ0v) is 15.3. The van der Waals surface area contributed by atoms with Gasteiger partial charge < -0.3 is 28.8 Å². The zero-order valence-electron chi connectivity index (χ0n) is 15.3. The quantitative estimate of drug-likeness (QED) is 0.446. The van der Waals surface area contributed by atoms with E-state index < -0.39 is 67.0 Å². The molecule has 1 fully saturated rings. The molecule has 0 radical (unpaired) electrons. The minimum absolute atomic E-state index is 0.224. The van der Waals surface area contributed by atoms with Crippen LogP contribution < -0.4 is 0 Å². The van der Waals surface area contributed by atoms with E-state index in [0.29, 0.717) is 0 Å². The van der Waals surface area contributed by atoms with Crippen LogP contribution in [0.1, 0.15) is 34.1 Å². The topological polar surface area (TPSA) is 152 Å². The standard InChI is InChI=1S/C16H22O11/c1-7(17)23-6-13-14(25-9(3)19)11(24-8(2)18)5-12(27-13)15(16(21)22)26-10(4)20/h11-15H,5-6H2,1-4H3,(H,21,22)/t11?,12?,13-,14?,15?/m1/s1. The van der Waals surface area contributed by atoms with Crippen LogP contribution in [-0.2, 0) is 47.7 Å². The molecule has 0 bridgehead atoms. The third kappa shape index (κ3) is 7.21. The molecule has 1 aliphatic heterocycles. The number of hydrogen-bond donors (Lipinski definition) is 1. The van der Waals surface area contributed by atoms with E-state index in [1.807, 2.05) is 0 Å². The molecule has 11 heteroatoms. The summed E-state index contributed by atoms with van der Waals surface area (Å²) in [6, 6.07) is 0. The molecule has 1 aliphatic rings. The van der Waals surface area contributed by atoms with Crippen molar-refractivity contribution in [2.24, 2.45) is 0 Å². The molecule has 11 nitrogen and oxygen atoms in total. The molecular weight excluding hydrogens is 368 g/mol. The average molecular weight is 390 g/mol. The second kappa shape index (κ2) is 9.86. The molecule has 0 amide bonds. The summed E-state index contributed by atoms with van der Waals surface area (Å²) in [5.74, 6) is -4.39. The largest absolute Gasteiger partial charge is 0.478 e. The van der Waals surface area contributed by atoms with Crippen molar-refractivity contribution < 1.29 is 52.8 Å². The number of carboxylic acid groups (broad SMARTS) is 1. The van der Waals surface area contributed by atoms with E-state index in [0.717, 1.165) is 27.7 Å². The first kappa shape index (κ1) is 22.4. The van der Waals surface area contributed by atoms with E-state index in [-0.39, 0.29) is 6.42 Å². The Morgan fingerprint density at radius 1 is 0.963 bits per heavy atom. The first-order valence-electron chi connectivity index (χ1n) is 8.04. The molecule has 0 aliphatic carbocycles. The fourth-order valence-corrected chi connectivity index (χ4v) is 2.62. The number of carbonyl (C=O) groups excluding carboxylic acids is 4. The van der Waals surface area contributed by atoms with Crippen molar-refractivity contribution in [2.75, 3.05) is 6.61 Å². The Kier molecular flexibility index (Phi) is 8.16. The molecule has 27 heavy (non-hydrogen) atoms. The Balaban J connectivity index is 3.16. The second-order valence-corrected chi connectivity index (χ2v) is 5.84. The lowest BCUT2D eigenvalue weighted by Gasteiger charge is -2.41. The monoisotopic (exact) mass is 390 g/mol. The van der Waals surface area contributed by atoms with Gasteiger partial charge in [-0.3, -0.25) is 19.2 Å². The molecular formula is C16H22O11. The molecule has 0 saturated carbocycles. The van der Waals surface area contributed by atoms with E-state index in [1.165, 1.54) is 0 Å². The lowest BCUT2D eigenvalue weighted by molar-refractivity contribution is -0.231. The molecule has 1 rings (SSSR count). The summed E-state index contributed by atoms with van der Waals surface area (Å²) in [5, 5.41) is 9.32. The fourth-order valence-electron chi connectivity index (χ4n) is 2.62. The lowest BCUT2D eigenvalue weighted by Crippen LogP contribution is -2.57. The molecule has 1 N–H and O–H groups in total. The van der Waals surface area contributed by atoms with E-state index in [9.17, 15) is 29.1 Å². The minimum Gasteiger partial charge on any atom is -0.478 e. The molecule has 0 spiro atoms.